The SMILES string of the molecule is Cc1nc(-n2nc(-c3ccccc3)cc2NC(=O)NC2CCCCC2)[nH]c(=O)c1C. The van der Waals surface area contributed by atoms with Crippen molar-refractivity contribution in [1.82, 2.24) is 25.1 Å². The molecular weight excluding hydrogens is 380 g/mol. The number of urea groups is 1. The summed E-state index contributed by atoms with van der Waals surface area (Å²) in [5.74, 6) is 0.701. The molecule has 0 unspecified atom stereocenters. The number of H-pyrrole nitrogens is 1. The Balaban J connectivity index is 1.68. The Kier molecular flexibility index (Phi) is 5.65. The van der Waals surface area contributed by atoms with Crippen molar-refractivity contribution in [3.8, 4) is 17.2 Å². The molecule has 1 aliphatic carbocycles. The van der Waals surface area contributed by atoms with Crippen molar-refractivity contribution in [2.24, 2.45) is 0 Å². The largest absolute Gasteiger partial charge is 0.335 e. The summed E-state index contributed by atoms with van der Waals surface area (Å²) in [5, 5.41) is 10.5. The van der Waals surface area contributed by atoms with E-state index >= 15 is 0 Å². The molecule has 2 heterocycles. The van der Waals surface area contributed by atoms with Crippen LogP contribution in [0.15, 0.2) is 41.2 Å². The Morgan fingerprint density at radius 1 is 1.13 bits per heavy atom. The number of aryl methyl sites for hydroxylation is 1. The summed E-state index contributed by atoms with van der Waals surface area (Å²) >= 11 is 0. The lowest BCUT2D eigenvalue weighted by atomic mass is 9.96. The van der Waals surface area contributed by atoms with Gasteiger partial charge in [0.1, 0.15) is 5.82 Å². The Morgan fingerprint density at radius 3 is 2.57 bits per heavy atom. The molecule has 0 radical (unpaired) electrons. The lowest BCUT2D eigenvalue weighted by Gasteiger charge is -2.22. The fourth-order valence-electron chi connectivity index (χ4n) is 3.70. The number of aromatic amines is 1. The monoisotopic (exact) mass is 406 g/mol. The maximum absolute atomic E-state index is 12.6. The summed E-state index contributed by atoms with van der Waals surface area (Å²) < 4.78 is 1.47. The highest BCUT2D eigenvalue weighted by molar-refractivity contribution is 5.89. The van der Waals surface area contributed by atoms with Gasteiger partial charge in [0.2, 0.25) is 5.95 Å². The van der Waals surface area contributed by atoms with Gasteiger partial charge in [-0.2, -0.15) is 9.78 Å². The van der Waals surface area contributed by atoms with E-state index in [1.165, 1.54) is 11.1 Å². The molecule has 3 N–H and O–H groups in total. The number of amides is 2. The molecule has 0 aliphatic heterocycles. The van der Waals surface area contributed by atoms with Crippen molar-refractivity contribution in [2.75, 3.05) is 5.32 Å². The van der Waals surface area contributed by atoms with E-state index < -0.39 is 0 Å². The molecule has 8 heteroatoms. The average Bonchev–Trinajstić information content (AvgIpc) is 3.16. The van der Waals surface area contributed by atoms with Gasteiger partial charge in [-0.1, -0.05) is 49.6 Å². The number of hydrogen-bond acceptors (Lipinski definition) is 4. The molecule has 0 atom stereocenters. The molecule has 156 valence electrons. The Morgan fingerprint density at radius 2 is 1.87 bits per heavy atom. The van der Waals surface area contributed by atoms with Gasteiger partial charge in [-0.15, -0.1) is 0 Å². The second-order valence-electron chi connectivity index (χ2n) is 7.73. The molecule has 4 rings (SSSR count). The Hall–Kier alpha value is -3.42. The van der Waals surface area contributed by atoms with Crippen LogP contribution in [0, 0.1) is 13.8 Å². The van der Waals surface area contributed by atoms with Gasteiger partial charge in [-0.3, -0.25) is 15.1 Å². The fourth-order valence-corrected chi connectivity index (χ4v) is 3.70. The van der Waals surface area contributed by atoms with Crippen molar-refractivity contribution >= 4 is 11.8 Å². The minimum atomic E-state index is -0.283. The summed E-state index contributed by atoms with van der Waals surface area (Å²) in [5.41, 5.74) is 2.51. The quantitative estimate of drug-likeness (QED) is 0.614. The minimum Gasteiger partial charge on any atom is -0.335 e. The summed E-state index contributed by atoms with van der Waals surface area (Å²) in [6.45, 7) is 3.50. The minimum absolute atomic E-state index is 0.184. The number of aromatic nitrogens is 4. The van der Waals surface area contributed by atoms with Crippen LogP contribution in [0.1, 0.15) is 43.4 Å². The maximum atomic E-state index is 12.6. The molecule has 1 aromatic carbocycles. The van der Waals surface area contributed by atoms with E-state index in [0.29, 0.717) is 22.8 Å². The number of nitrogens with one attached hydrogen (secondary N) is 3. The van der Waals surface area contributed by atoms with Crippen LogP contribution in [-0.2, 0) is 0 Å². The zero-order valence-corrected chi connectivity index (χ0v) is 17.2. The molecule has 2 aromatic heterocycles. The van der Waals surface area contributed by atoms with Gasteiger partial charge < -0.3 is 5.32 Å². The molecule has 0 saturated heterocycles. The first-order chi connectivity index (χ1) is 14.5. The number of carbonyl (C=O) groups excluding carboxylic acids is 1. The molecule has 0 bridgehead atoms. The Labute approximate surface area is 174 Å². The van der Waals surface area contributed by atoms with Crippen molar-refractivity contribution in [1.29, 1.82) is 0 Å². The number of hydrogen-bond donors (Lipinski definition) is 3. The van der Waals surface area contributed by atoms with E-state index in [0.717, 1.165) is 31.2 Å². The van der Waals surface area contributed by atoms with E-state index in [1.54, 1.807) is 19.9 Å². The molecule has 30 heavy (non-hydrogen) atoms. The van der Waals surface area contributed by atoms with Gasteiger partial charge >= 0.3 is 6.03 Å². The zero-order valence-electron chi connectivity index (χ0n) is 17.2. The first kappa shape index (κ1) is 19.9. The standard InChI is InChI=1S/C22H26N6O2/c1-14-15(2)23-21(26-20(14)29)28-19(13-18(27-28)16-9-5-3-6-10-16)25-22(30)24-17-11-7-4-8-12-17/h3,5-6,9-10,13,17H,4,7-8,11-12H2,1-2H3,(H,23,26,29)(H2,24,25,30). The molecule has 0 spiro atoms. The van der Waals surface area contributed by atoms with Gasteiger partial charge in [0, 0.05) is 28.9 Å². The molecule has 2 amide bonds. The summed E-state index contributed by atoms with van der Waals surface area (Å²) in [7, 11) is 0. The van der Waals surface area contributed by atoms with Crippen LogP contribution in [0.4, 0.5) is 10.6 Å². The molecular formula is C22H26N6O2. The van der Waals surface area contributed by atoms with Crippen LogP contribution < -0.4 is 16.2 Å². The van der Waals surface area contributed by atoms with E-state index in [1.807, 2.05) is 30.3 Å². The van der Waals surface area contributed by atoms with E-state index in [-0.39, 0.29) is 23.6 Å². The van der Waals surface area contributed by atoms with Gasteiger partial charge in [0.15, 0.2) is 0 Å². The van der Waals surface area contributed by atoms with E-state index in [9.17, 15) is 9.59 Å². The molecule has 1 aliphatic rings. The Bertz CT molecular complexity index is 1100. The predicted octanol–water partition coefficient (Wildman–Crippen LogP) is 3.69. The lowest BCUT2D eigenvalue weighted by molar-refractivity contribution is 0.244. The van der Waals surface area contributed by atoms with Crippen LogP contribution in [0.2, 0.25) is 0 Å². The summed E-state index contributed by atoms with van der Waals surface area (Å²) in [6, 6.07) is 11.3. The second kappa shape index (κ2) is 8.52. The van der Waals surface area contributed by atoms with E-state index in [2.05, 4.69) is 25.7 Å². The van der Waals surface area contributed by atoms with Gasteiger partial charge in [-0.05, 0) is 26.7 Å². The van der Waals surface area contributed by atoms with Crippen molar-refractivity contribution < 1.29 is 4.79 Å². The molecule has 1 fully saturated rings. The van der Waals surface area contributed by atoms with Gasteiger partial charge in [0.25, 0.3) is 5.56 Å². The third kappa shape index (κ3) is 4.27. The van der Waals surface area contributed by atoms with Crippen LogP contribution in [0.25, 0.3) is 17.2 Å². The first-order valence-corrected chi connectivity index (χ1v) is 10.3. The topological polar surface area (TPSA) is 105 Å². The number of anilines is 1. The normalized spacial score (nSPS) is 14.5. The van der Waals surface area contributed by atoms with Crippen molar-refractivity contribution in [3.63, 3.8) is 0 Å². The van der Waals surface area contributed by atoms with Crippen LogP contribution in [0.3, 0.4) is 0 Å². The zero-order chi connectivity index (χ0) is 21.1. The van der Waals surface area contributed by atoms with Crippen LogP contribution in [-0.4, -0.2) is 31.8 Å². The maximum Gasteiger partial charge on any atom is 0.320 e. The number of rotatable bonds is 4. The van der Waals surface area contributed by atoms with Gasteiger partial charge in [0.05, 0.1) is 5.69 Å². The van der Waals surface area contributed by atoms with Gasteiger partial charge in [-0.25, -0.2) is 9.78 Å². The summed E-state index contributed by atoms with van der Waals surface area (Å²) in [6.07, 6.45) is 5.48. The predicted molar refractivity (Wildman–Crippen MR) is 116 cm³/mol. The van der Waals surface area contributed by atoms with Crippen molar-refractivity contribution in [2.45, 2.75) is 52.0 Å². The fraction of sp³-hybridized carbons (Fsp3) is 0.364. The number of benzene rings is 1. The summed E-state index contributed by atoms with van der Waals surface area (Å²) in [4.78, 5) is 32.1. The average molecular weight is 406 g/mol. The van der Waals surface area contributed by atoms with E-state index in [4.69, 9.17) is 0 Å². The first-order valence-electron chi connectivity index (χ1n) is 10.3. The second-order valence-corrected chi connectivity index (χ2v) is 7.73. The third-order valence-corrected chi connectivity index (χ3v) is 5.54. The lowest BCUT2D eigenvalue weighted by Crippen LogP contribution is -2.39. The number of carbonyl (C=O) groups is 1. The molecule has 1 saturated carbocycles. The highest BCUT2D eigenvalue weighted by Gasteiger charge is 2.19. The molecule has 3 aromatic rings. The number of nitrogens with zero attached hydrogens (tertiary/aromatic N) is 3. The third-order valence-electron chi connectivity index (χ3n) is 5.54. The highest BCUT2D eigenvalue weighted by Crippen LogP contribution is 2.24. The highest BCUT2D eigenvalue weighted by atomic mass is 16.2. The van der Waals surface area contributed by atoms with Crippen molar-refractivity contribution in [3.05, 3.63) is 58.0 Å². The van der Waals surface area contributed by atoms with Crippen LogP contribution in [0.5, 0.6) is 0 Å². The molecule has 8 nitrogen and oxygen atoms in total. The van der Waals surface area contributed by atoms with Crippen LogP contribution >= 0.6 is 0 Å². The smallest absolute Gasteiger partial charge is 0.320 e.